The molecule has 1 aromatic carbocycles. The first-order chi connectivity index (χ1) is 16.1. The lowest BCUT2D eigenvalue weighted by atomic mass is 10.1. The number of benzene rings is 1. The summed E-state index contributed by atoms with van der Waals surface area (Å²) in [5.41, 5.74) is -0.821. The van der Waals surface area contributed by atoms with Crippen LogP contribution in [-0.2, 0) is 26.6 Å². The van der Waals surface area contributed by atoms with Crippen LogP contribution in [0.1, 0.15) is 43.7 Å². The minimum Gasteiger partial charge on any atom is -0.503 e. The summed E-state index contributed by atoms with van der Waals surface area (Å²) < 4.78 is 43.9. The second kappa shape index (κ2) is 7.75. The smallest absolute Gasteiger partial charge is 0.274 e. The number of hydrogen-bond acceptors (Lipinski definition) is 5. The fourth-order valence-corrected chi connectivity index (χ4v) is 4.48. The van der Waals surface area contributed by atoms with Gasteiger partial charge in [-0.1, -0.05) is 0 Å². The van der Waals surface area contributed by atoms with Crippen molar-refractivity contribution in [1.82, 2.24) is 24.6 Å². The number of aromatic nitrogens is 3. The van der Waals surface area contributed by atoms with Gasteiger partial charge in [-0.05, 0) is 0 Å². The molecule has 0 saturated carbocycles. The summed E-state index contributed by atoms with van der Waals surface area (Å²) in [6.45, 7) is -0.114. The normalized spacial score (nSPS) is 16.6. The molecule has 2 aliphatic rings. The molecule has 2 bridgehead atoms. The van der Waals surface area contributed by atoms with Gasteiger partial charge in [0.25, 0.3) is 11.8 Å². The summed E-state index contributed by atoms with van der Waals surface area (Å²) in [7, 11) is 1.76. The summed E-state index contributed by atoms with van der Waals surface area (Å²) >= 11 is 0. The number of pyridine rings is 1. The largest absolute Gasteiger partial charge is 0.503 e. The Morgan fingerprint density at radius 3 is 2.62 bits per heavy atom. The molecule has 1 atom stereocenters. The molecule has 0 spiro atoms. The van der Waals surface area contributed by atoms with E-state index in [1.807, 2.05) is 0 Å². The minimum atomic E-state index is -1.20. The number of fused-ring (bicyclic) bond motifs is 5. The molecule has 5 rings (SSSR count). The van der Waals surface area contributed by atoms with Gasteiger partial charge in [0.1, 0.15) is 23.0 Å². The number of halogens is 3. The van der Waals surface area contributed by atoms with Crippen LogP contribution in [0.2, 0.25) is 0 Å². The summed E-state index contributed by atoms with van der Waals surface area (Å²) in [5, 5.41) is 17.2. The first kappa shape index (κ1) is 21.7. The lowest BCUT2D eigenvalue weighted by Gasteiger charge is -2.34. The van der Waals surface area contributed by atoms with E-state index in [1.54, 1.807) is 17.9 Å². The number of aromatic hydroxyl groups is 1. The fourth-order valence-electron chi connectivity index (χ4n) is 4.48. The van der Waals surface area contributed by atoms with E-state index in [2.05, 4.69) is 10.4 Å². The molecule has 12 heteroatoms. The predicted molar refractivity (Wildman–Crippen MR) is 111 cm³/mol. The Bertz CT molecular complexity index is 1410. The molecule has 0 radical (unpaired) electrons. The van der Waals surface area contributed by atoms with Crippen molar-refractivity contribution in [3.8, 4) is 5.75 Å². The Hall–Kier alpha value is -4.09. The SMILES string of the molecule is Cn1cc2c(n1)CC1CN(C2)C(=O)c2c(O)c(=O)c(C(=O)NCc3c(F)cc(F)cc3F)cn21. The molecule has 1 unspecified atom stereocenters. The maximum absolute atomic E-state index is 13.9. The molecule has 2 N–H and O–H groups in total. The van der Waals surface area contributed by atoms with Crippen LogP contribution in [0.3, 0.4) is 0 Å². The van der Waals surface area contributed by atoms with E-state index in [4.69, 9.17) is 0 Å². The topological polar surface area (TPSA) is 109 Å². The highest BCUT2D eigenvalue weighted by Gasteiger charge is 2.38. The summed E-state index contributed by atoms with van der Waals surface area (Å²) in [6.07, 6.45) is 3.35. The number of nitrogens with one attached hydrogen (secondary N) is 1. The van der Waals surface area contributed by atoms with E-state index >= 15 is 0 Å². The molecule has 2 aliphatic heterocycles. The van der Waals surface area contributed by atoms with Crippen LogP contribution in [0.15, 0.2) is 29.3 Å². The number of nitrogens with zero attached hydrogens (tertiary/aromatic N) is 4. The molecule has 176 valence electrons. The number of aryl methyl sites for hydroxylation is 1. The Kier molecular flexibility index (Phi) is 4.95. The lowest BCUT2D eigenvalue weighted by Crippen LogP contribution is -2.44. The maximum atomic E-state index is 13.9. The molecule has 0 fully saturated rings. The zero-order chi connectivity index (χ0) is 24.3. The van der Waals surface area contributed by atoms with Gasteiger partial charge in [-0.15, -0.1) is 0 Å². The molecule has 4 heterocycles. The number of rotatable bonds is 3. The van der Waals surface area contributed by atoms with E-state index in [9.17, 15) is 32.7 Å². The van der Waals surface area contributed by atoms with Gasteiger partial charge in [0, 0.05) is 68.8 Å². The van der Waals surface area contributed by atoms with Crippen LogP contribution >= 0.6 is 0 Å². The average molecular weight is 473 g/mol. The van der Waals surface area contributed by atoms with Crippen molar-refractivity contribution >= 4 is 11.8 Å². The second-order valence-corrected chi connectivity index (χ2v) is 8.33. The molecule has 2 amide bonds. The van der Waals surface area contributed by atoms with Gasteiger partial charge < -0.3 is 19.9 Å². The molecular weight excluding hydrogens is 455 g/mol. The highest BCUT2D eigenvalue weighted by molar-refractivity contribution is 5.99. The van der Waals surface area contributed by atoms with Crippen molar-refractivity contribution in [3.05, 3.63) is 80.3 Å². The van der Waals surface area contributed by atoms with Crippen LogP contribution < -0.4 is 10.7 Å². The highest BCUT2D eigenvalue weighted by atomic mass is 19.1. The average Bonchev–Trinajstić information content (AvgIpc) is 3.02. The summed E-state index contributed by atoms with van der Waals surface area (Å²) in [4.78, 5) is 40.0. The van der Waals surface area contributed by atoms with Gasteiger partial charge in [-0.25, -0.2) is 13.2 Å². The Labute approximate surface area is 190 Å². The van der Waals surface area contributed by atoms with E-state index in [-0.39, 0.29) is 18.8 Å². The Morgan fingerprint density at radius 2 is 1.91 bits per heavy atom. The Balaban J connectivity index is 1.50. The quantitative estimate of drug-likeness (QED) is 0.598. The maximum Gasteiger partial charge on any atom is 0.274 e. The number of carbonyl (C=O) groups is 2. The highest BCUT2D eigenvalue weighted by Crippen LogP contribution is 2.33. The third-order valence-electron chi connectivity index (χ3n) is 6.08. The first-order valence-corrected chi connectivity index (χ1v) is 10.3. The fraction of sp³-hybridized carbons (Fsp3) is 0.273. The van der Waals surface area contributed by atoms with Crippen molar-refractivity contribution in [3.63, 3.8) is 0 Å². The zero-order valence-corrected chi connectivity index (χ0v) is 17.8. The molecule has 9 nitrogen and oxygen atoms in total. The number of amides is 2. The van der Waals surface area contributed by atoms with Crippen LogP contribution in [0.5, 0.6) is 5.75 Å². The Morgan fingerprint density at radius 1 is 1.21 bits per heavy atom. The number of hydrogen-bond donors (Lipinski definition) is 2. The molecule has 3 aromatic rings. The third kappa shape index (κ3) is 3.42. The summed E-state index contributed by atoms with van der Waals surface area (Å²) in [6, 6.07) is 0.535. The van der Waals surface area contributed by atoms with Crippen LogP contribution in [0.4, 0.5) is 13.2 Å². The van der Waals surface area contributed by atoms with E-state index < -0.39 is 64.2 Å². The number of carbonyl (C=O) groups excluding carboxylic acids is 2. The van der Waals surface area contributed by atoms with Crippen molar-refractivity contribution < 1.29 is 27.9 Å². The van der Waals surface area contributed by atoms with Crippen LogP contribution in [-0.4, -0.2) is 42.7 Å². The predicted octanol–water partition coefficient (Wildman–Crippen LogP) is 1.39. The molecule has 0 saturated heterocycles. The lowest BCUT2D eigenvalue weighted by molar-refractivity contribution is 0.0653. The van der Waals surface area contributed by atoms with Crippen molar-refractivity contribution in [2.75, 3.05) is 6.54 Å². The van der Waals surface area contributed by atoms with Gasteiger partial charge in [-0.3, -0.25) is 19.1 Å². The van der Waals surface area contributed by atoms with Crippen molar-refractivity contribution in [1.29, 1.82) is 0 Å². The monoisotopic (exact) mass is 473 g/mol. The second-order valence-electron chi connectivity index (χ2n) is 8.33. The third-order valence-corrected chi connectivity index (χ3v) is 6.08. The van der Waals surface area contributed by atoms with Gasteiger partial charge in [-0.2, -0.15) is 5.10 Å². The van der Waals surface area contributed by atoms with E-state index in [1.165, 1.54) is 9.47 Å². The van der Waals surface area contributed by atoms with Gasteiger partial charge in [0.15, 0.2) is 11.4 Å². The van der Waals surface area contributed by atoms with Crippen LogP contribution in [0, 0.1) is 17.5 Å². The summed E-state index contributed by atoms with van der Waals surface area (Å²) in [5.74, 6) is -5.96. The van der Waals surface area contributed by atoms with Gasteiger partial charge in [0.05, 0.1) is 11.7 Å². The van der Waals surface area contributed by atoms with Crippen molar-refractivity contribution in [2.24, 2.45) is 7.05 Å². The first-order valence-electron chi connectivity index (χ1n) is 10.3. The zero-order valence-electron chi connectivity index (χ0n) is 17.8. The van der Waals surface area contributed by atoms with Crippen LogP contribution in [0.25, 0.3) is 0 Å². The van der Waals surface area contributed by atoms with Gasteiger partial charge >= 0.3 is 0 Å². The minimum absolute atomic E-state index is 0.233. The van der Waals surface area contributed by atoms with E-state index in [0.29, 0.717) is 18.6 Å². The molecule has 2 aromatic heterocycles. The molecular formula is C22H18F3N5O4. The van der Waals surface area contributed by atoms with Crippen molar-refractivity contribution in [2.45, 2.75) is 25.6 Å². The standard InChI is InChI=1S/C22H18F3N5O4/c1-28-6-10-7-29-8-12(4-17(10)27-28)30-9-14(19(31)20(32)18(30)22(29)34)21(33)26-5-13-15(24)2-11(23)3-16(13)25/h2-3,6,9,12,32H,4-5,7-8H2,1H3,(H,26,33). The molecule has 0 aliphatic carbocycles. The van der Waals surface area contributed by atoms with E-state index in [0.717, 1.165) is 17.5 Å². The molecule has 34 heavy (non-hydrogen) atoms. The van der Waals surface area contributed by atoms with Gasteiger partial charge in [0.2, 0.25) is 5.43 Å².